The lowest BCUT2D eigenvalue weighted by atomic mass is 9.94. The van der Waals surface area contributed by atoms with Gasteiger partial charge in [0.2, 0.25) is 18.2 Å². The first-order valence-electron chi connectivity index (χ1n) is 11.1. The minimum atomic E-state index is -1.26. The number of amides is 3. The van der Waals surface area contributed by atoms with E-state index in [1.54, 1.807) is 31.2 Å². The summed E-state index contributed by atoms with van der Waals surface area (Å²) in [7, 11) is 0. The molecule has 12 heteroatoms. The number of carboxylic acid groups (broad SMARTS) is 3. The van der Waals surface area contributed by atoms with E-state index >= 15 is 0 Å². The van der Waals surface area contributed by atoms with Gasteiger partial charge in [0.05, 0.1) is 19.3 Å². The predicted octanol–water partition coefficient (Wildman–Crippen LogP) is 0.285. The highest BCUT2D eigenvalue weighted by molar-refractivity contribution is 5.87. The Morgan fingerprint density at radius 1 is 0.886 bits per heavy atom. The Bertz CT molecular complexity index is 902. The minimum Gasteiger partial charge on any atom is -0.481 e. The van der Waals surface area contributed by atoms with Crippen molar-refractivity contribution in [3.8, 4) is 0 Å². The summed E-state index contributed by atoms with van der Waals surface area (Å²) >= 11 is 0. The van der Waals surface area contributed by atoms with Crippen molar-refractivity contribution in [2.75, 3.05) is 0 Å². The van der Waals surface area contributed by atoms with E-state index < -0.39 is 60.6 Å². The molecule has 0 heterocycles. The Morgan fingerprint density at radius 2 is 1.49 bits per heavy atom. The molecule has 0 aromatic heterocycles. The van der Waals surface area contributed by atoms with E-state index in [0.29, 0.717) is 18.5 Å². The zero-order valence-electron chi connectivity index (χ0n) is 19.4. The number of rotatable bonds is 17. The minimum absolute atomic E-state index is 0.00354. The average Bonchev–Trinajstić information content (AvgIpc) is 2.78. The maximum absolute atomic E-state index is 12.5. The van der Waals surface area contributed by atoms with Gasteiger partial charge in [0.15, 0.2) is 0 Å². The molecule has 35 heavy (non-hydrogen) atoms. The summed E-state index contributed by atoms with van der Waals surface area (Å²) in [6.45, 7) is 1.90. The first-order chi connectivity index (χ1) is 16.5. The summed E-state index contributed by atoms with van der Waals surface area (Å²) < 4.78 is 0. The second-order valence-corrected chi connectivity index (χ2v) is 8.03. The van der Waals surface area contributed by atoms with E-state index in [0.717, 1.165) is 5.56 Å². The third kappa shape index (κ3) is 11.6. The standard InChI is InChI=1S/C23H31N3O9/c1-2-18(23(34)35)26-22(33)16(10-20(29)30)7-8-17(11-21(31)32)25-19(28)9-14-3-5-15(6-4-14)12-24-13-27/h3-6,13,16-18H,2,7-12H2,1H3,(H,24,27)(H,25,28)(H,26,33)(H,29,30)(H,31,32)(H,34,35)/t16-,17+,18-/m1/s1. The summed E-state index contributed by atoms with van der Waals surface area (Å²) in [4.78, 5) is 69.0. The fraction of sp³-hybridized carbons (Fsp3) is 0.478. The maximum Gasteiger partial charge on any atom is 0.326 e. The molecule has 0 aliphatic heterocycles. The molecule has 192 valence electrons. The van der Waals surface area contributed by atoms with Crippen molar-refractivity contribution in [3.05, 3.63) is 35.4 Å². The largest absolute Gasteiger partial charge is 0.481 e. The molecule has 0 fully saturated rings. The van der Waals surface area contributed by atoms with Gasteiger partial charge in [-0.2, -0.15) is 0 Å². The Labute approximate surface area is 202 Å². The van der Waals surface area contributed by atoms with Crippen LogP contribution in [0.2, 0.25) is 0 Å². The van der Waals surface area contributed by atoms with Crippen molar-refractivity contribution >= 4 is 36.1 Å². The van der Waals surface area contributed by atoms with Gasteiger partial charge in [0.1, 0.15) is 6.04 Å². The molecule has 0 unspecified atom stereocenters. The third-order valence-corrected chi connectivity index (χ3v) is 5.24. The number of carboxylic acids is 3. The van der Waals surface area contributed by atoms with Crippen molar-refractivity contribution in [2.24, 2.45) is 5.92 Å². The van der Waals surface area contributed by atoms with Crippen LogP contribution in [0, 0.1) is 5.92 Å². The summed E-state index contributed by atoms with van der Waals surface area (Å²) in [5, 5.41) is 34.9. The molecular formula is C23H31N3O9. The summed E-state index contributed by atoms with van der Waals surface area (Å²) in [6.07, 6.45) is -0.422. The molecule has 12 nitrogen and oxygen atoms in total. The monoisotopic (exact) mass is 493 g/mol. The number of carbonyl (C=O) groups excluding carboxylic acids is 3. The van der Waals surface area contributed by atoms with Crippen LogP contribution >= 0.6 is 0 Å². The number of carbonyl (C=O) groups is 6. The van der Waals surface area contributed by atoms with Crippen molar-refractivity contribution in [2.45, 2.75) is 64.1 Å². The molecule has 0 saturated heterocycles. The zero-order valence-corrected chi connectivity index (χ0v) is 19.4. The summed E-state index contributed by atoms with van der Waals surface area (Å²) in [5.74, 6) is -6.00. The second-order valence-electron chi connectivity index (χ2n) is 8.03. The molecule has 0 saturated carbocycles. The topological polar surface area (TPSA) is 199 Å². The van der Waals surface area contributed by atoms with Crippen LogP contribution in [0.4, 0.5) is 0 Å². The SMILES string of the molecule is CC[C@@H](NC(=O)[C@H](CC[C@@H](CC(=O)O)NC(=O)Cc1ccc(CNC=O)cc1)CC(=O)O)C(=O)O. The van der Waals surface area contributed by atoms with Crippen LogP contribution in [0.1, 0.15) is 50.2 Å². The maximum atomic E-state index is 12.5. The van der Waals surface area contributed by atoms with Gasteiger partial charge in [-0.25, -0.2) is 4.79 Å². The average molecular weight is 494 g/mol. The fourth-order valence-corrected chi connectivity index (χ4v) is 3.40. The highest BCUT2D eigenvalue weighted by Crippen LogP contribution is 2.16. The quantitative estimate of drug-likeness (QED) is 0.165. The van der Waals surface area contributed by atoms with Crippen LogP contribution in [0.5, 0.6) is 0 Å². The molecule has 0 radical (unpaired) electrons. The molecule has 3 atom stereocenters. The molecular weight excluding hydrogens is 462 g/mol. The molecule has 0 aliphatic rings. The summed E-state index contributed by atoms with van der Waals surface area (Å²) in [6, 6.07) is 4.85. The third-order valence-electron chi connectivity index (χ3n) is 5.24. The lowest BCUT2D eigenvalue weighted by Crippen LogP contribution is -2.44. The summed E-state index contributed by atoms with van der Waals surface area (Å²) in [5.41, 5.74) is 1.50. The molecule has 0 spiro atoms. The van der Waals surface area contributed by atoms with Crippen LogP contribution in [0.3, 0.4) is 0 Å². The van der Waals surface area contributed by atoms with Crippen LogP contribution in [-0.2, 0) is 41.7 Å². The van der Waals surface area contributed by atoms with Gasteiger partial charge in [0.25, 0.3) is 0 Å². The predicted molar refractivity (Wildman–Crippen MR) is 122 cm³/mol. The number of hydrogen-bond acceptors (Lipinski definition) is 6. The van der Waals surface area contributed by atoms with Crippen LogP contribution in [-0.4, -0.2) is 63.5 Å². The molecule has 1 aromatic carbocycles. The van der Waals surface area contributed by atoms with Gasteiger partial charge in [-0.3, -0.25) is 24.0 Å². The van der Waals surface area contributed by atoms with Crippen molar-refractivity contribution in [1.29, 1.82) is 0 Å². The Morgan fingerprint density at radius 3 is 2.00 bits per heavy atom. The van der Waals surface area contributed by atoms with Gasteiger partial charge >= 0.3 is 17.9 Å². The van der Waals surface area contributed by atoms with E-state index in [1.807, 2.05) is 0 Å². The molecule has 1 rings (SSSR count). The van der Waals surface area contributed by atoms with Crippen molar-refractivity contribution in [1.82, 2.24) is 16.0 Å². The van der Waals surface area contributed by atoms with E-state index in [1.165, 1.54) is 0 Å². The van der Waals surface area contributed by atoms with Gasteiger partial charge in [0, 0.05) is 18.5 Å². The molecule has 3 amide bonds. The van der Waals surface area contributed by atoms with Crippen molar-refractivity contribution in [3.63, 3.8) is 0 Å². The lowest BCUT2D eigenvalue weighted by Gasteiger charge is -2.22. The number of hydrogen-bond donors (Lipinski definition) is 6. The number of nitrogens with one attached hydrogen (secondary N) is 3. The molecule has 0 aliphatic carbocycles. The van der Waals surface area contributed by atoms with Gasteiger partial charge in [-0.05, 0) is 30.4 Å². The van der Waals surface area contributed by atoms with Gasteiger partial charge < -0.3 is 31.3 Å². The first-order valence-corrected chi connectivity index (χ1v) is 11.1. The van der Waals surface area contributed by atoms with Crippen LogP contribution in [0.15, 0.2) is 24.3 Å². The number of aliphatic carboxylic acids is 3. The Hall–Kier alpha value is -3.96. The van der Waals surface area contributed by atoms with Gasteiger partial charge in [-0.1, -0.05) is 31.2 Å². The normalized spacial score (nSPS) is 13.1. The van der Waals surface area contributed by atoms with Crippen LogP contribution < -0.4 is 16.0 Å². The second kappa shape index (κ2) is 15.0. The van der Waals surface area contributed by atoms with E-state index in [9.17, 15) is 33.9 Å². The Balaban J connectivity index is 2.79. The smallest absolute Gasteiger partial charge is 0.326 e. The fourth-order valence-electron chi connectivity index (χ4n) is 3.40. The molecule has 1 aromatic rings. The van der Waals surface area contributed by atoms with Crippen LogP contribution in [0.25, 0.3) is 0 Å². The highest BCUT2D eigenvalue weighted by atomic mass is 16.4. The molecule has 0 bridgehead atoms. The van der Waals surface area contributed by atoms with E-state index in [2.05, 4.69) is 16.0 Å². The Kier molecular flexibility index (Phi) is 12.5. The first kappa shape index (κ1) is 29.1. The highest BCUT2D eigenvalue weighted by Gasteiger charge is 2.27. The number of benzene rings is 1. The zero-order chi connectivity index (χ0) is 26.4. The van der Waals surface area contributed by atoms with Crippen molar-refractivity contribution < 1.29 is 44.1 Å². The van der Waals surface area contributed by atoms with Gasteiger partial charge in [-0.15, -0.1) is 0 Å². The lowest BCUT2D eigenvalue weighted by molar-refractivity contribution is -0.144. The molecule has 6 N–H and O–H groups in total. The van der Waals surface area contributed by atoms with E-state index in [-0.39, 0.29) is 25.7 Å². The van der Waals surface area contributed by atoms with E-state index in [4.69, 9.17) is 10.2 Å².